The third-order valence-electron chi connectivity index (χ3n) is 7.75. The van der Waals surface area contributed by atoms with Gasteiger partial charge in [-0.1, -0.05) is 0 Å². The number of benzene rings is 2. The first kappa shape index (κ1) is 30.0. The molecule has 2 fully saturated rings. The first-order chi connectivity index (χ1) is 20.4. The number of carbonyl (C=O) groups is 1. The molecule has 1 N–H and O–H groups in total. The SMILES string of the molecule is N#Cc1ccc(NC2CCN(C(=O)c3ccnc(N4CCN(c5ccc(C(F)(F)F)cc5)CC4)c3)CC2)cc1C(F)(F)F. The van der Waals surface area contributed by atoms with Crippen molar-refractivity contribution in [3.05, 3.63) is 83.0 Å². The Morgan fingerprint density at radius 1 is 0.837 bits per heavy atom. The van der Waals surface area contributed by atoms with Crippen LogP contribution in [0, 0.1) is 11.3 Å². The summed E-state index contributed by atoms with van der Waals surface area (Å²) in [4.78, 5) is 23.4. The van der Waals surface area contributed by atoms with Gasteiger partial charge in [0.1, 0.15) is 5.82 Å². The fourth-order valence-electron chi connectivity index (χ4n) is 5.39. The van der Waals surface area contributed by atoms with Crippen LogP contribution in [0.4, 0.5) is 43.5 Å². The highest BCUT2D eigenvalue weighted by molar-refractivity contribution is 5.95. The van der Waals surface area contributed by atoms with Crippen LogP contribution >= 0.6 is 0 Å². The Hall–Kier alpha value is -4.47. The maximum absolute atomic E-state index is 13.3. The van der Waals surface area contributed by atoms with E-state index >= 15 is 0 Å². The summed E-state index contributed by atoms with van der Waals surface area (Å²) < 4.78 is 78.6. The molecule has 5 rings (SSSR count). The van der Waals surface area contributed by atoms with E-state index in [4.69, 9.17) is 5.26 Å². The Kier molecular flexibility index (Phi) is 8.39. The van der Waals surface area contributed by atoms with Crippen molar-refractivity contribution in [1.82, 2.24) is 9.88 Å². The average Bonchev–Trinajstić information content (AvgIpc) is 3.00. The molecule has 13 heteroatoms. The molecule has 2 saturated heterocycles. The van der Waals surface area contributed by atoms with E-state index in [1.807, 2.05) is 9.80 Å². The van der Waals surface area contributed by atoms with Crippen LogP contribution in [0.1, 0.15) is 39.9 Å². The minimum absolute atomic E-state index is 0.132. The first-order valence-corrected chi connectivity index (χ1v) is 13.7. The molecule has 0 radical (unpaired) electrons. The lowest BCUT2D eigenvalue weighted by Crippen LogP contribution is -2.47. The Bertz CT molecular complexity index is 1480. The van der Waals surface area contributed by atoms with Crippen molar-refractivity contribution >= 4 is 23.1 Å². The molecule has 1 amide bonds. The normalized spacial score (nSPS) is 16.6. The number of nitrogens with one attached hydrogen (secondary N) is 1. The smallest absolute Gasteiger partial charge is 0.382 e. The van der Waals surface area contributed by atoms with Crippen LogP contribution in [0.15, 0.2) is 60.8 Å². The van der Waals surface area contributed by atoms with E-state index < -0.39 is 29.0 Å². The second-order valence-corrected chi connectivity index (χ2v) is 10.5. The molecule has 0 spiro atoms. The van der Waals surface area contributed by atoms with Crippen molar-refractivity contribution in [2.45, 2.75) is 31.2 Å². The van der Waals surface area contributed by atoms with Gasteiger partial charge in [-0.15, -0.1) is 0 Å². The van der Waals surface area contributed by atoms with Gasteiger partial charge in [0.25, 0.3) is 5.91 Å². The van der Waals surface area contributed by atoms with Gasteiger partial charge in [0.05, 0.1) is 22.8 Å². The minimum Gasteiger partial charge on any atom is -0.382 e. The summed E-state index contributed by atoms with van der Waals surface area (Å²) in [6, 6.07) is 13.5. The molecule has 0 atom stereocenters. The summed E-state index contributed by atoms with van der Waals surface area (Å²) in [6.07, 6.45) is -6.37. The molecule has 2 aliphatic rings. The van der Waals surface area contributed by atoms with Crippen molar-refractivity contribution in [3.8, 4) is 6.07 Å². The standard InChI is InChI=1S/C30H28F6N6O/c31-29(32,33)22-2-5-25(6-3-22)40-13-15-41(16-14-40)27-17-20(7-10-38-27)28(43)42-11-8-23(9-12-42)39-24-4-1-21(19-37)26(18-24)30(34,35)36/h1-7,10,17-18,23,39H,8-9,11-16H2. The molecule has 0 saturated carbocycles. The Labute approximate surface area is 244 Å². The molecule has 43 heavy (non-hydrogen) atoms. The summed E-state index contributed by atoms with van der Waals surface area (Å²) in [7, 11) is 0. The number of rotatable bonds is 5. The van der Waals surface area contributed by atoms with Gasteiger partial charge in [0, 0.05) is 68.4 Å². The molecule has 7 nitrogen and oxygen atoms in total. The quantitative estimate of drug-likeness (QED) is 0.360. The molecule has 226 valence electrons. The number of aromatic nitrogens is 1. The van der Waals surface area contributed by atoms with Crippen LogP contribution in [0.5, 0.6) is 0 Å². The second kappa shape index (κ2) is 12.0. The summed E-state index contributed by atoms with van der Waals surface area (Å²) in [5.74, 6) is 0.471. The molecule has 0 bridgehead atoms. The van der Waals surface area contributed by atoms with Crippen molar-refractivity contribution in [2.24, 2.45) is 0 Å². The maximum atomic E-state index is 13.3. The van der Waals surface area contributed by atoms with Gasteiger partial charge in [-0.25, -0.2) is 4.98 Å². The molecule has 3 heterocycles. The molecule has 2 aliphatic heterocycles. The predicted molar refractivity (Wildman–Crippen MR) is 149 cm³/mol. The lowest BCUT2D eigenvalue weighted by molar-refractivity contribution is -0.138. The fraction of sp³-hybridized carbons (Fsp3) is 0.367. The Morgan fingerprint density at radius 2 is 1.49 bits per heavy atom. The third kappa shape index (κ3) is 6.96. The van der Waals surface area contributed by atoms with Crippen LogP contribution in [0.3, 0.4) is 0 Å². The second-order valence-electron chi connectivity index (χ2n) is 10.5. The number of alkyl halides is 6. The summed E-state index contributed by atoms with van der Waals surface area (Å²) >= 11 is 0. The number of carbonyl (C=O) groups excluding carboxylic acids is 1. The van der Waals surface area contributed by atoms with Crippen molar-refractivity contribution in [2.75, 3.05) is 54.4 Å². The number of likely N-dealkylation sites (tertiary alicyclic amines) is 1. The Morgan fingerprint density at radius 3 is 2.09 bits per heavy atom. The van der Waals surface area contributed by atoms with E-state index in [2.05, 4.69) is 10.3 Å². The highest BCUT2D eigenvalue weighted by Crippen LogP contribution is 2.34. The molecule has 2 aromatic carbocycles. The minimum atomic E-state index is -4.64. The molecular weight excluding hydrogens is 574 g/mol. The van der Waals surface area contributed by atoms with Gasteiger partial charge in [-0.3, -0.25) is 4.79 Å². The summed E-state index contributed by atoms with van der Waals surface area (Å²) in [5, 5.41) is 12.1. The van der Waals surface area contributed by atoms with E-state index in [1.165, 1.54) is 18.2 Å². The third-order valence-corrected chi connectivity index (χ3v) is 7.75. The van der Waals surface area contributed by atoms with Gasteiger partial charge in [0.2, 0.25) is 0 Å². The Balaban J connectivity index is 1.15. The van der Waals surface area contributed by atoms with E-state index in [0.29, 0.717) is 69.2 Å². The lowest BCUT2D eigenvalue weighted by atomic mass is 10.0. The average molecular weight is 603 g/mol. The fourth-order valence-corrected chi connectivity index (χ4v) is 5.39. The van der Waals surface area contributed by atoms with E-state index in [9.17, 15) is 31.1 Å². The summed E-state index contributed by atoms with van der Waals surface area (Å²) in [6.45, 7) is 3.15. The van der Waals surface area contributed by atoms with Crippen LogP contribution in [0.2, 0.25) is 0 Å². The number of amides is 1. The number of piperidine rings is 1. The number of halogens is 6. The molecule has 0 unspecified atom stereocenters. The monoisotopic (exact) mass is 602 g/mol. The lowest BCUT2D eigenvalue weighted by Gasteiger charge is -2.37. The number of piperazine rings is 1. The largest absolute Gasteiger partial charge is 0.417 e. The van der Waals surface area contributed by atoms with Crippen LogP contribution < -0.4 is 15.1 Å². The zero-order valence-electron chi connectivity index (χ0n) is 22.9. The van der Waals surface area contributed by atoms with Gasteiger partial charge < -0.3 is 20.0 Å². The number of hydrogen-bond acceptors (Lipinski definition) is 6. The van der Waals surface area contributed by atoms with Gasteiger partial charge in [0.15, 0.2) is 0 Å². The zero-order valence-corrected chi connectivity index (χ0v) is 22.9. The molecule has 0 aliphatic carbocycles. The maximum Gasteiger partial charge on any atom is 0.417 e. The van der Waals surface area contributed by atoms with E-state index in [1.54, 1.807) is 29.3 Å². The zero-order chi connectivity index (χ0) is 30.8. The first-order valence-electron chi connectivity index (χ1n) is 13.7. The van der Waals surface area contributed by atoms with Gasteiger partial charge >= 0.3 is 12.4 Å². The number of pyridine rings is 1. The topological polar surface area (TPSA) is 75.5 Å². The number of nitriles is 1. The number of anilines is 3. The summed E-state index contributed by atoms with van der Waals surface area (Å²) in [5.41, 5.74) is -0.649. The van der Waals surface area contributed by atoms with E-state index in [-0.39, 0.29) is 17.6 Å². The van der Waals surface area contributed by atoms with Crippen molar-refractivity contribution in [1.29, 1.82) is 5.26 Å². The van der Waals surface area contributed by atoms with Crippen molar-refractivity contribution < 1.29 is 31.1 Å². The highest BCUT2D eigenvalue weighted by atomic mass is 19.4. The number of hydrogen-bond donors (Lipinski definition) is 1. The molecular formula is C30H28F6N6O. The van der Waals surface area contributed by atoms with E-state index in [0.717, 1.165) is 24.3 Å². The predicted octanol–water partition coefficient (Wildman–Crippen LogP) is 6.03. The van der Waals surface area contributed by atoms with Crippen LogP contribution in [-0.4, -0.2) is 61.1 Å². The number of nitrogens with zero attached hydrogens (tertiary/aromatic N) is 5. The van der Waals surface area contributed by atoms with Crippen LogP contribution in [-0.2, 0) is 12.4 Å². The van der Waals surface area contributed by atoms with Gasteiger partial charge in [-0.2, -0.15) is 31.6 Å². The highest BCUT2D eigenvalue weighted by Gasteiger charge is 2.34. The van der Waals surface area contributed by atoms with Crippen molar-refractivity contribution in [3.63, 3.8) is 0 Å². The van der Waals surface area contributed by atoms with Crippen LogP contribution in [0.25, 0.3) is 0 Å². The molecule has 3 aromatic rings. The van der Waals surface area contributed by atoms with Gasteiger partial charge in [-0.05, 0) is 67.4 Å². The molecule has 1 aromatic heterocycles.